The molecule has 0 nitrogen and oxygen atoms in total. The van der Waals surface area contributed by atoms with E-state index >= 15 is 0 Å². The lowest BCUT2D eigenvalue weighted by molar-refractivity contribution is 0.886. The van der Waals surface area contributed by atoms with E-state index in [-0.39, 0.29) is 29.7 Å². The first-order chi connectivity index (χ1) is 6.91. The molecule has 0 heterocycles. The Morgan fingerprint density at radius 3 is 0.611 bits per heavy atom. The van der Waals surface area contributed by atoms with Crippen LogP contribution in [0, 0.1) is 0 Å². The average Bonchev–Trinajstić information content (AvgIpc) is 2.36. The van der Waals surface area contributed by atoms with E-state index in [1.54, 1.807) is 0 Å². The Morgan fingerprint density at radius 1 is 0.444 bits per heavy atom. The summed E-state index contributed by atoms with van der Waals surface area (Å²) in [5, 5.41) is 0. The monoisotopic (exact) mass is 260 g/mol. The second kappa shape index (κ2) is 72.1. The standard InChI is InChI=1S/C6H6.C4H10.2C2H6.4CH4/c1-2-4-6-5-3-1;1-3-4-2;2*1-2;;;;/h1-6H;3-4H2,1-2H3;2*1-2H3;4*1H4. The summed E-state index contributed by atoms with van der Waals surface area (Å²) in [7, 11) is 0. The Hall–Kier alpha value is -0.780. The number of unbranched alkanes of at least 4 members (excludes halogenated alkanes) is 1. The van der Waals surface area contributed by atoms with Gasteiger partial charge < -0.3 is 0 Å². The second-order valence-corrected chi connectivity index (χ2v) is 2.15. The Bertz CT molecular complexity index is 92.0. The van der Waals surface area contributed by atoms with Gasteiger partial charge in [-0.2, -0.15) is 0 Å². The minimum absolute atomic E-state index is 0. The highest BCUT2D eigenvalue weighted by molar-refractivity contribution is 4.99. The predicted molar refractivity (Wildman–Crippen MR) is 96.6 cm³/mol. The van der Waals surface area contributed by atoms with Crippen molar-refractivity contribution >= 4 is 0 Å². The fraction of sp³-hybridized carbons (Fsp3) is 0.667. The molecular weight excluding hydrogens is 216 g/mol. The minimum Gasteiger partial charge on any atom is -0.0776 e. The smallest absolute Gasteiger partial charge is 0.0564 e. The SMILES string of the molecule is C.C.C.C.CC.CC.CCCC.c1ccccc1. The first-order valence-corrected chi connectivity index (χ1v) is 5.91. The Morgan fingerprint density at radius 2 is 0.556 bits per heavy atom. The van der Waals surface area contributed by atoms with Crippen molar-refractivity contribution < 1.29 is 0 Å². The van der Waals surface area contributed by atoms with Crippen LogP contribution >= 0.6 is 0 Å². The average molecular weight is 261 g/mol. The van der Waals surface area contributed by atoms with Crippen molar-refractivity contribution in [3.8, 4) is 0 Å². The topological polar surface area (TPSA) is 0 Å². The minimum atomic E-state index is 0. The summed E-state index contributed by atoms with van der Waals surface area (Å²) in [6.07, 6.45) is 2.64. The van der Waals surface area contributed by atoms with Crippen molar-refractivity contribution in [1.82, 2.24) is 0 Å². The number of rotatable bonds is 1. The fourth-order valence-electron chi connectivity index (χ4n) is 0.385. The number of benzene rings is 1. The summed E-state index contributed by atoms with van der Waals surface area (Å²) in [6.45, 7) is 12.4. The number of hydrogen-bond acceptors (Lipinski definition) is 0. The van der Waals surface area contributed by atoms with Gasteiger partial charge in [0, 0.05) is 0 Å². The van der Waals surface area contributed by atoms with E-state index < -0.39 is 0 Å². The summed E-state index contributed by atoms with van der Waals surface area (Å²) in [4.78, 5) is 0. The van der Waals surface area contributed by atoms with Gasteiger partial charge in [-0.05, 0) is 0 Å². The third kappa shape index (κ3) is 79.5. The normalized spacial score (nSPS) is 5.00. The van der Waals surface area contributed by atoms with Crippen LogP contribution in [0.2, 0.25) is 0 Å². The molecule has 1 rings (SSSR count). The molecule has 18 heavy (non-hydrogen) atoms. The van der Waals surface area contributed by atoms with Crippen molar-refractivity contribution in [2.24, 2.45) is 0 Å². The summed E-state index contributed by atoms with van der Waals surface area (Å²) in [6, 6.07) is 12.0. The van der Waals surface area contributed by atoms with Crippen molar-refractivity contribution in [1.29, 1.82) is 0 Å². The zero-order chi connectivity index (χ0) is 11.7. The maximum Gasteiger partial charge on any atom is -0.0564 e. The first kappa shape index (κ1) is 43.4. The molecule has 1 aromatic carbocycles. The molecule has 0 aliphatic carbocycles. The van der Waals surface area contributed by atoms with Crippen LogP contribution in [0.4, 0.5) is 0 Å². The van der Waals surface area contributed by atoms with Crippen LogP contribution in [0.5, 0.6) is 0 Å². The van der Waals surface area contributed by atoms with Gasteiger partial charge in [-0.25, -0.2) is 0 Å². The summed E-state index contributed by atoms with van der Waals surface area (Å²) in [5.74, 6) is 0. The van der Waals surface area contributed by atoms with E-state index in [4.69, 9.17) is 0 Å². The molecule has 0 fully saturated rings. The lowest BCUT2D eigenvalue weighted by atomic mass is 10.4. The molecular formula is C18H44. The molecule has 0 saturated carbocycles. The molecule has 0 spiro atoms. The molecule has 0 unspecified atom stereocenters. The molecule has 0 aliphatic heterocycles. The van der Waals surface area contributed by atoms with E-state index in [1.807, 2.05) is 64.1 Å². The highest BCUT2D eigenvalue weighted by atomic mass is 13.6. The molecule has 0 N–H and O–H groups in total. The van der Waals surface area contributed by atoms with E-state index in [0.29, 0.717) is 0 Å². The van der Waals surface area contributed by atoms with Gasteiger partial charge in [-0.3, -0.25) is 0 Å². The maximum absolute atomic E-state index is 2.18. The van der Waals surface area contributed by atoms with Crippen LogP contribution in [-0.4, -0.2) is 0 Å². The molecule has 0 radical (unpaired) electrons. The maximum atomic E-state index is 2.18. The molecule has 0 amide bonds. The van der Waals surface area contributed by atoms with Crippen molar-refractivity contribution in [3.05, 3.63) is 36.4 Å². The third-order valence-electron chi connectivity index (χ3n) is 1.17. The zero-order valence-electron chi connectivity index (χ0n) is 10.9. The van der Waals surface area contributed by atoms with E-state index in [1.165, 1.54) is 12.8 Å². The molecule has 0 saturated heterocycles. The van der Waals surface area contributed by atoms with Gasteiger partial charge in [0.05, 0.1) is 0 Å². The molecule has 0 bridgehead atoms. The molecule has 1 aromatic rings. The molecule has 116 valence electrons. The fourth-order valence-corrected chi connectivity index (χ4v) is 0.385. The summed E-state index contributed by atoms with van der Waals surface area (Å²) in [5.41, 5.74) is 0. The van der Waals surface area contributed by atoms with Crippen molar-refractivity contribution in [2.45, 2.75) is 84.1 Å². The predicted octanol–water partition coefficient (Wildman–Crippen LogP) is 8.09. The quantitative estimate of drug-likeness (QED) is 0.478. The molecule has 0 heteroatoms. The van der Waals surface area contributed by atoms with E-state index in [2.05, 4.69) is 13.8 Å². The second-order valence-electron chi connectivity index (χ2n) is 2.15. The molecule has 0 aromatic heterocycles. The summed E-state index contributed by atoms with van der Waals surface area (Å²) >= 11 is 0. The van der Waals surface area contributed by atoms with Gasteiger partial charge in [0.2, 0.25) is 0 Å². The van der Waals surface area contributed by atoms with Gasteiger partial charge >= 0.3 is 0 Å². The lowest BCUT2D eigenvalue weighted by Gasteiger charge is -1.69. The van der Waals surface area contributed by atoms with E-state index in [0.717, 1.165) is 0 Å². The van der Waals surface area contributed by atoms with Crippen LogP contribution < -0.4 is 0 Å². The largest absolute Gasteiger partial charge is 0.0776 e. The van der Waals surface area contributed by atoms with Gasteiger partial charge in [-0.1, -0.05) is 120 Å². The van der Waals surface area contributed by atoms with Crippen LogP contribution in [-0.2, 0) is 0 Å². The third-order valence-corrected chi connectivity index (χ3v) is 1.17. The van der Waals surface area contributed by atoms with E-state index in [9.17, 15) is 0 Å². The van der Waals surface area contributed by atoms with Gasteiger partial charge in [0.15, 0.2) is 0 Å². The van der Waals surface area contributed by atoms with Crippen LogP contribution in [0.1, 0.15) is 84.1 Å². The Balaban J connectivity index is -0.0000000185. The lowest BCUT2D eigenvalue weighted by Crippen LogP contribution is -1.47. The zero-order valence-corrected chi connectivity index (χ0v) is 10.9. The van der Waals surface area contributed by atoms with Crippen LogP contribution in [0.15, 0.2) is 36.4 Å². The molecule has 0 atom stereocenters. The van der Waals surface area contributed by atoms with Gasteiger partial charge in [0.25, 0.3) is 0 Å². The van der Waals surface area contributed by atoms with Crippen molar-refractivity contribution in [3.63, 3.8) is 0 Å². The van der Waals surface area contributed by atoms with Crippen molar-refractivity contribution in [2.75, 3.05) is 0 Å². The summed E-state index contributed by atoms with van der Waals surface area (Å²) < 4.78 is 0. The number of hydrogen-bond donors (Lipinski definition) is 0. The highest BCUT2D eigenvalue weighted by Crippen LogP contribution is 1.79. The Kier molecular flexibility index (Phi) is 174. The Labute approximate surface area is 121 Å². The van der Waals surface area contributed by atoms with Gasteiger partial charge in [-0.15, -0.1) is 0 Å². The van der Waals surface area contributed by atoms with Crippen LogP contribution in [0.25, 0.3) is 0 Å². The van der Waals surface area contributed by atoms with Crippen LogP contribution in [0.3, 0.4) is 0 Å². The first-order valence-electron chi connectivity index (χ1n) is 5.91. The highest BCUT2D eigenvalue weighted by Gasteiger charge is 1.58. The van der Waals surface area contributed by atoms with Gasteiger partial charge in [0.1, 0.15) is 0 Å². The molecule has 0 aliphatic rings.